The zero-order chi connectivity index (χ0) is 21.7. The Labute approximate surface area is 179 Å². The quantitative estimate of drug-likeness (QED) is 0.631. The summed E-state index contributed by atoms with van der Waals surface area (Å²) >= 11 is 0. The van der Waals surface area contributed by atoms with Crippen LogP contribution in [0.25, 0.3) is 0 Å². The molecule has 1 atom stereocenters. The van der Waals surface area contributed by atoms with Crippen LogP contribution in [0, 0.1) is 0 Å². The van der Waals surface area contributed by atoms with Crippen LogP contribution in [0.15, 0.2) is 48.5 Å². The smallest absolute Gasteiger partial charge is 0.410 e. The minimum absolute atomic E-state index is 0.00222. The van der Waals surface area contributed by atoms with Crippen molar-refractivity contribution in [2.24, 2.45) is 0 Å². The number of hydrogen-bond acceptors (Lipinski definition) is 4. The average molecular weight is 409 g/mol. The normalized spacial score (nSPS) is 19.7. The van der Waals surface area contributed by atoms with E-state index in [1.165, 1.54) is 30.2 Å². The predicted molar refractivity (Wildman–Crippen MR) is 121 cm³/mol. The number of rotatable bonds is 5. The minimum atomic E-state index is -0.453. The van der Waals surface area contributed by atoms with Crippen molar-refractivity contribution in [1.82, 2.24) is 4.90 Å². The number of ether oxygens (including phenoxy) is 1. The lowest BCUT2D eigenvalue weighted by Crippen LogP contribution is -2.37. The zero-order valence-electron chi connectivity index (χ0n) is 18.5. The van der Waals surface area contributed by atoms with Crippen molar-refractivity contribution in [2.75, 3.05) is 32.1 Å². The van der Waals surface area contributed by atoms with E-state index >= 15 is 0 Å². The van der Waals surface area contributed by atoms with Crippen molar-refractivity contribution in [1.29, 1.82) is 0 Å². The number of ketones is 1. The van der Waals surface area contributed by atoms with Crippen LogP contribution in [0.4, 0.5) is 10.5 Å². The standard InChI is InChI=1S/C25H32N2O3/c1-5-25(15-6-7-16-26(3)18-25)21-9-8-10-23(17-21)30-24(29)27(4)22-13-11-20(12-14-22)19(2)28/h8-14,17H,5-7,15-16,18H2,1-4H3/t25-/m1/s1. The Morgan fingerprint density at radius 1 is 1.13 bits per heavy atom. The van der Waals surface area contributed by atoms with E-state index in [0.29, 0.717) is 17.0 Å². The number of likely N-dealkylation sites (N-methyl/N-ethyl adjacent to an activating group) is 1. The predicted octanol–water partition coefficient (Wildman–Crippen LogP) is 5.29. The second-order valence-corrected chi connectivity index (χ2v) is 8.39. The van der Waals surface area contributed by atoms with Crippen LogP contribution in [0.1, 0.15) is 55.5 Å². The number of carbonyl (C=O) groups excluding carboxylic acids is 2. The summed E-state index contributed by atoms with van der Waals surface area (Å²) < 4.78 is 5.69. The molecule has 160 valence electrons. The molecule has 3 rings (SSSR count). The molecule has 0 saturated carbocycles. The monoisotopic (exact) mass is 408 g/mol. The Balaban J connectivity index is 1.77. The summed E-state index contributed by atoms with van der Waals surface area (Å²) in [5, 5.41) is 0. The third kappa shape index (κ3) is 4.90. The molecule has 2 aromatic carbocycles. The molecule has 1 amide bonds. The van der Waals surface area contributed by atoms with E-state index in [-0.39, 0.29) is 11.2 Å². The molecule has 0 aliphatic carbocycles. The van der Waals surface area contributed by atoms with Gasteiger partial charge < -0.3 is 9.64 Å². The fraction of sp³-hybridized carbons (Fsp3) is 0.440. The summed E-state index contributed by atoms with van der Waals surface area (Å²) in [4.78, 5) is 28.0. The molecule has 2 aromatic rings. The molecular weight excluding hydrogens is 376 g/mol. The first kappa shape index (κ1) is 22.0. The number of amides is 1. The van der Waals surface area contributed by atoms with Crippen LogP contribution in [0.3, 0.4) is 0 Å². The van der Waals surface area contributed by atoms with E-state index in [1.54, 1.807) is 31.3 Å². The van der Waals surface area contributed by atoms with Gasteiger partial charge in [0.15, 0.2) is 5.78 Å². The molecule has 5 heteroatoms. The lowest BCUT2D eigenvalue weighted by molar-refractivity contribution is 0.101. The Bertz CT molecular complexity index is 894. The van der Waals surface area contributed by atoms with Gasteiger partial charge in [-0.2, -0.15) is 0 Å². The van der Waals surface area contributed by atoms with Gasteiger partial charge in [-0.3, -0.25) is 9.69 Å². The fourth-order valence-electron chi connectivity index (χ4n) is 4.33. The van der Waals surface area contributed by atoms with Gasteiger partial charge in [0.2, 0.25) is 0 Å². The van der Waals surface area contributed by atoms with Crippen LogP contribution in [-0.2, 0) is 5.41 Å². The molecule has 0 N–H and O–H groups in total. The molecule has 0 radical (unpaired) electrons. The maximum atomic E-state index is 12.7. The molecule has 0 spiro atoms. The summed E-state index contributed by atoms with van der Waals surface area (Å²) in [7, 11) is 3.86. The second-order valence-electron chi connectivity index (χ2n) is 8.39. The van der Waals surface area contributed by atoms with E-state index in [0.717, 1.165) is 25.9 Å². The largest absolute Gasteiger partial charge is 0.419 e. The van der Waals surface area contributed by atoms with Gasteiger partial charge in [0.05, 0.1) is 0 Å². The Morgan fingerprint density at radius 2 is 1.87 bits per heavy atom. The molecule has 0 bridgehead atoms. The van der Waals surface area contributed by atoms with Crippen molar-refractivity contribution in [3.8, 4) is 5.75 Å². The summed E-state index contributed by atoms with van der Waals surface area (Å²) in [6.45, 7) is 5.92. The highest BCUT2D eigenvalue weighted by molar-refractivity contribution is 5.95. The number of hydrogen-bond donors (Lipinski definition) is 0. The van der Waals surface area contributed by atoms with Gasteiger partial charge in [0, 0.05) is 30.3 Å². The highest BCUT2D eigenvalue weighted by atomic mass is 16.6. The summed E-state index contributed by atoms with van der Waals surface area (Å²) in [5.74, 6) is 0.557. The van der Waals surface area contributed by atoms with Crippen LogP contribution < -0.4 is 9.64 Å². The second kappa shape index (κ2) is 9.43. The molecule has 1 heterocycles. The summed E-state index contributed by atoms with van der Waals surface area (Å²) in [6.07, 6.45) is 4.18. The maximum Gasteiger partial charge on any atom is 0.419 e. The maximum absolute atomic E-state index is 12.7. The van der Waals surface area contributed by atoms with Crippen molar-refractivity contribution < 1.29 is 14.3 Å². The van der Waals surface area contributed by atoms with Crippen LogP contribution >= 0.6 is 0 Å². The molecule has 1 fully saturated rings. The average Bonchev–Trinajstić information content (AvgIpc) is 2.95. The molecule has 0 aromatic heterocycles. The first-order chi connectivity index (χ1) is 14.3. The molecule has 30 heavy (non-hydrogen) atoms. The van der Waals surface area contributed by atoms with E-state index in [9.17, 15) is 9.59 Å². The van der Waals surface area contributed by atoms with E-state index in [2.05, 4.69) is 24.9 Å². The number of nitrogens with zero attached hydrogens (tertiary/aromatic N) is 2. The number of anilines is 1. The first-order valence-corrected chi connectivity index (χ1v) is 10.7. The van der Waals surface area contributed by atoms with Crippen molar-refractivity contribution >= 4 is 17.6 Å². The lowest BCUT2D eigenvalue weighted by atomic mass is 9.74. The lowest BCUT2D eigenvalue weighted by Gasteiger charge is -2.35. The summed E-state index contributed by atoms with van der Waals surface area (Å²) in [6, 6.07) is 14.9. The van der Waals surface area contributed by atoms with Gasteiger partial charge in [-0.1, -0.05) is 25.5 Å². The van der Waals surface area contributed by atoms with Crippen molar-refractivity contribution in [3.63, 3.8) is 0 Å². The van der Waals surface area contributed by atoms with Gasteiger partial charge in [-0.25, -0.2) is 4.79 Å². The number of Topliss-reactive ketones (excluding diaryl/α,β-unsaturated/α-hetero) is 1. The SMILES string of the molecule is CC[C@@]1(c2cccc(OC(=O)N(C)c3ccc(C(C)=O)cc3)c2)CCCCN(C)C1. The molecule has 1 saturated heterocycles. The summed E-state index contributed by atoms with van der Waals surface area (Å²) in [5.41, 5.74) is 2.61. The zero-order valence-corrected chi connectivity index (χ0v) is 18.5. The number of carbonyl (C=O) groups is 2. The van der Waals surface area contributed by atoms with Crippen molar-refractivity contribution in [3.05, 3.63) is 59.7 Å². The van der Waals surface area contributed by atoms with Gasteiger partial charge in [0.1, 0.15) is 5.75 Å². The highest BCUT2D eigenvalue weighted by Crippen LogP contribution is 2.37. The molecular formula is C25H32N2O3. The number of likely N-dealkylation sites (tertiary alicyclic amines) is 1. The minimum Gasteiger partial charge on any atom is -0.410 e. The third-order valence-corrected chi connectivity index (χ3v) is 6.28. The molecule has 1 aliphatic rings. The van der Waals surface area contributed by atoms with Crippen LogP contribution in [0.2, 0.25) is 0 Å². The van der Waals surface area contributed by atoms with E-state index in [1.807, 2.05) is 18.2 Å². The Kier molecular flexibility index (Phi) is 6.93. The third-order valence-electron chi connectivity index (χ3n) is 6.28. The van der Waals surface area contributed by atoms with Gasteiger partial charge in [-0.15, -0.1) is 0 Å². The topological polar surface area (TPSA) is 49.9 Å². The molecule has 5 nitrogen and oxygen atoms in total. The van der Waals surface area contributed by atoms with Crippen LogP contribution in [0.5, 0.6) is 5.75 Å². The Hall–Kier alpha value is -2.66. The van der Waals surface area contributed by atoms with Crippen LogP contribution in [-0.4, -0.2) is 44.0 Å². The molecule has 1 aliphatic heterocycles. The number of benzene rings is 2. The van der Waals surface area contributed by atoms with Crippen molar-refractivity contribution in [2.45, 2.75) is 44.9 Å². The van der Waals surface area contributed by atoms with E-state index in [4.69, 9.17) is 4.74 Å². The fourth-order valence-corrected chi connectivity index (χ4v) is 4.33. The van der Waals surface area contributed by atoms with E-state index < -0.39 is 6.09 Å². The first-order valence-electron chi connectivity index (χ1n) is 10.7. The van der Waals surface area contributed by atoms with Gasteiger partial charge in [0.25, 0.3) is 0 Å². The molecule has 0 unspecified atom stereocenters. The Morgan fingerprint density at radius 3 is 2.53 bits per heavy atom. The van der Waals surface area contributed by atoms with Gasteiger partial charge >= 0.3 is 6.09 Å². The highest BCUT2D eigenvalue weighted by Gasteiger charge is 2.33. The van der Waals surface area contributed by atoms with Gasteiger partial charge in [-0.05, 0) is 81.7 Å².